The summed E-state index contributed by atoms with van der Waals surface area (Å²) in [5.41, 5.74) is 0.798. The molecule has 1 fully saturated rings. The fourth-order valence-electron chi connectivity index (χ4n) is 4.02. The zero-order chi connectivity index (χ0) is 21.5. The first-order valence-corrected chi connectivity index (χ1v) is 10.2. The molecule has 1 aromatic carbocycles. The van der Waals surface area contributed by atoms with E-state index in [1.165, 1.54) is 0 Å². The molecule has 1 unspecified atom stereocenters. The molecule has 0 saturated carbocycles. The first-order valence-electron chi connectivity index (χ1n) is 10.2. The number of aromatic amines is 1. The number of likely N-dealkylation sites (tertiary alicyclic amines) is 1. The van der Waals surface area contributed by atoms with Gasteiger partial charge in [-0.25, -0.2) is 4.68 Å². The average molecular weight is 412 g/mol. The van der Waals surface area contributed by atoms with E-state index >= 15 is 0 Å². The van der Waals surface area contributed by atoms with Crippen LogP contribution in [0.1, 0.15) is 51.0 Å². The predicted molar refractivity (Wildman–Crippen MR) is 113 cm³/mol. The number of nitrogens with zero attached hydrogens (tertiary/aromatic N) is 5. The summed E-state index contributed by atoms with van der Waals surface area (Å²) in [6.45, 7) is 7.38. The Balaban J connectivity index is 1.89. The molecule has 0 bridgehead atoms. The Morgan fingerprint density at radius 3 is 2.63 bits per heavy atom. The van der Waals surface area contributed by atoms with E-state index in [9.17, 15) is 9.90 Å². The molecule has 9 heteroatoms. The topological polar surface area (TPSA) is 109 Å². The van der Waals surface area contributed by atoms with Crippen molar-refractivity contribution in [2.75, 3.05) is 20.2 Å². The summed E-state index contributed by atoms with van der Waals surface area (Å²) >= 11 is 0. The van der Waals surface area contributed by atoms with Crippen molar-refractivity contribution in [2.24, 2.45) is 0 Å². The number of H-pyrrole nitrogens is 1. The summed E-state index contributed by atoms with van der Waals surface area (Å²) in [7, 11) is 1.62. The van der Waals surface area contributed by atoms with Crippen LogP contribution in [0.25, 0.3) is 10.9 Å². The van der Waals surface area contributed by atoms with Crippen LogP contribution in [0.4, 0.5) is 0 Å². The third-order valence-electron chi connectivity index (χ3n) is 5.61. The number of piperidine rings is 1. The van der Waals surface area contributed by atoms with E-state index in [-0.39, 0.29) is 17.2 Å². The van der Waals surface area contributed by atoms with E-state index in [1.807, 2.05) is 45.0 Å². The van der Waals surface area contributed by atoms with Crippen LogP contribution in [-0.4, -0.2) is 61.5 Å². The second-order valence-corrected chi connectivity index (χ2v) is 8.80. The van der Waals surface area contributed by atoms with Gasteiger partial charge in [0, 0.05) is 29.6 Å². The van der Waals surface area contributed by atoms with E-state index < -0.39 is 6.04 Å². The SMILES string of the molecule is COc1ccc2[nH]c(=O)c(C(c3nnnn3C(C)(C)C)N3CCC(O)CC3)cc2c1. The Bertz CT molecular complexity index is 1090. The average Bonchev–Trinajstić information content (AvgIpc) is 3.19. The number of nitrogens with one attached hydrogen (secondary N) is 1. The van der Waals surface area contributed by atoms with E-state index in [2.05, 4.69) is 25.4 Å². The van der Waals surface area contributed by atoms with Crippen molar-refractivity contribution in [3.63, 3.8) is 0 Å². The number of benzene rings is 1. The summed E-state index contributed by atoms with van der Waals surface area (Å²) in [5, 5.41) is 23.3. The molecular weight excluding hydrogens is 384 g/mol. The van der Waals surface area contributed by atoms with Crippen molar-refractivity contribution in [1.29, 1.82) is 0 Å². The summed E-state index contributed by atoms with van der Waals surface area (Å²) in [5.74, 6) is 1.34. The third-order valence-corrected chi connectivity index (χ3v) is 5.61. The van der Waals surface area contributed by atoms with Crippen molar-refractivity contribution in [3.05, 3.63) is 46.0 Å². The molecule has 1 aliphatic rings. The maximum Gasteiger partial charge on any atom is 0.253 e. The van der Waals surface area contributed by atoms with Crippen molar-refractivity contribution in [2.45, 2.75) is 51.3 Å². The monoisotopic (exact) mass is 412 g/mol. The normalized spacial score (nSPS) is 17.4. The number of rotatable bonds is 4. The van der Waals surface area contributed by atoms with Gasteiger partial charge in [0.25, 0.3) is 5.56 Å². The maximum absolute atomic E-state index is 13.2. The first-order chi connectivity index (χ1) is 14.3. The minimum absolute atomic E-state index is 0.174. The molecule has 3 heterocycles. The van der Waals surface area contributed by atoms with Gasteiger partial charge >= 0.3 is 0 Å². The Hall–Kier alpha value is -2.78. The number of ether oxygens (including phenoxy) is 1. The second-order valence-electron chi connectivity index (χ2n) is 8.80. The Morgan fingerprint density at radius 2 is 1.97 bits per heavy atom. The lowest BCUT2D eigenvalue weighted by atomic mass is 9.98. The molecule has 0 radical (unpaired) electrons. The number of pyridine rings is 1. The smallest absolute Gasteiger partial charge is 0.253 e. The number of aliphatic hydroxyl groups excluding tert-OH is 1. The molecule has 9 nitrogen and oxygen atoms in total. The van der Waals surface area contributed by atoms with Crippen molar-refractivity contribution in [3.8, 4) is 5.75 Å². The number of hydrogen-bond donors (Lipinski definition) is 2. The number of hydrogen-bond acceptors (Lipinski definition) is 7. The Morgan fingerprint density at radius 1 is 1.23 bits per heavy atom. The molecule has 1 aliphatic heterocycles. The molecule has 4 rings (SSSR count). The fraction of sp³-hybridized carbons (Fsp3) is 0.524. The van der Waals surface area contributed by atoms with Crippen LogP contribution in [0.5, 0.6) is 5.75 Å². The molecule has 160 valence electrons. The zero-order valence-electron chi connectivity index (χ0n) is 17.8. The van der Waals surface area contributed by atoms with Crippen LogP contribution in [0.3, 0.4) is 0 Å². The highest BCUT2D eigenvalue weighted by atomic mass is 16.5. The molecule has 2 N–H and O–H groups in total. The fourth-order valence-corrected chi connectivity index (χ4v) is 4.02. The summed E-state index contributed by atoms with van der Waals surface area (Å²) in [6, 6.07) is 7.03. The summed E-state index contributed by atoms with van der Waals surface area (Å²) in [6.07, 6.45) is 0.972. The summed E-state index contributed by atoms with van der Waals surface area (Å²) < 4.78 is 7.13. The molecule has 1 atom stereocenters. The van der Waals surface area contributed by atoms with Crippen LogP contribution >= 0.6 is 0 Å². The largest absolute Gasteiger partial charge is 0.497 e. The van der Waals surface area contributed by atoms with Gasteiger partial charge in [-0.15, -0.1) is 5.10 Å². The van der Waals surface area contributed by atoms with Crippen LogP contribution in [0, 0.1) is 0 Å². The number of aromatic nitrogens is 5. The van der Waals surface area contributed by atoms with E-state index in [1.54, 1.807) is 11.8 Å². The van der Waals surface area contributed by atoms with Crippen LogP contribution in [0.15, 0.2) is 29.1 Å². The van der Waals surface area contributed by atoms with Gasteiger partial charge in [0.2, 0.25) is 0 Å². The third kappa shape index (κ3) is 3.82. The van der Waals surface area contributed by atoms with E-state index in [0.29, 0.717) is 37.3 Å². The second kappa shape index (κ2) is 7.81. The molecule has 0 aliphatic carbocycles. The van der Waals surface area contributed by atoms with Gasteiger partial charge in [-0.1, -0.05) is 0 Å². The number of aliphatic hydroxyl groups is 1. The molecule has 0 spiro atoms. The highest BCUT2D eigenvalue weighted by Crippen LogP contribution is 2.31. The van der Waals surface area contributed by atoms with Crippen LogP contribution in [-0.2, 0) is 5.54 Å². The standard InChI is InChI=1S/C21H28N6O3/c1-21(2,3)27-19(23-24-25-27)18(26-9-7-14(28)8-10-26)16-12-13-11-15(30-4)5-6-17(13)22-20(16)29/h5-6,11-12,14,18,28H,7-10H2,1-4H3,(H,22,29). The van der Waals surface area contributed by atoms with Gasteiger partial charge in [0.15, 0.2) is 5.82 Å². The van der Waals surface area contributed by atoms with Crippen molar-refractivity contribution in [1.82, 2.24) is 30.1 Å². The summed E-state index contributed by atoms with van der Waals surface area (Å²) in [4.78, 5) is 18.3. The van der Waals surface area contributed by atoms with Crippen molar-refractivity contribution < 1.29 is 9.84 Å². The van der Waals surface area contributed by atoms with E-state index in [4.69, 9.17) is 4.74 Å². The van der Waals surface area contributed by atoms with Crippen LogP contribution in [0.2, 0.25) is 0 Å². The lowest BCUT2D eigenvalue weighted by Gasteiger charge is -2.36. The lowest BCUT2D eigenvalue weighted by Crippen LogP contribution is -2.42. The van der Waals surface area contributed by atoms with Crippen molar-refractivity contribution >= 4 is 10.9 Å². The minimum atomic E-state index is -0.425. The molecule has 1 saturated heterocycles. The van der Waals surface area contributed by atoms with Gasteiger partial charge < -0.3 is 14.8 Å². The van der Waals surface area contributed by atoms with Crippen LogP contribution < -0.4 is 10.3 Å². The van der Waals surface area contributed by atoms with Gasteiger partial charge in [-0.3, -0.25) is 9.69 Å². The molecule has 0 amide bonds. The van der Waals surface area contributed by atoms with Gasteiger partial charge in [0.05, 0.1) is 18.8 Å². The van der Waals surface area contributed by atoms with E-state index in [0.717, 1.165) is 16.7 Å². The number of methoxy groups -OCH3 is 1. The lowest BCUT2D eigenvalue weighted by molar-refractivity contribution is 0.0647. The quantitative estimate of drug-likeness (QED) is 0.673. The minimum Gasteiger partial charge on any atom is -0.497 e. The Kier molecular flexibility index (Phi) is 5.33. The highest BCUT2D eigenvalue weighted by molar-refractivity contribution is 5.80. The Labute approximate surface area is 174 Å². The van der Waals surface area contributed by atoms with Gasteiger partial charge in [-0.05, 0) is 68.3 Å². The molecule has 2 aromatic heterocycles. The van der Waals surface area contributed by atoms with Gasteiger partial charge in [-0.2, -0.15) is 0 Å². The molecular formula is C21H28N6O3. The zero-order valence-corrected chi connectivity index (χ0v) is 17.8. The maximum atomic E-state index is 13.2. The molecule has 30 heavy (non-hydrogen) atoms. The predicted octanol–water partition coefficient (Wildman–Crippen LogP) is 1.82. The number of fused-ring (bicyclic) bond motifs is 1. The highest BCUT2D eigenvalue weighted by Gasteiger charge is 2.34. The van der Waals surface area contributed by atoms with Gasteiger partial charge in [0.1, 0.15) is 11.8 Å². The first kappa shape index (κ1) is 20.5. The number of tetrazole rings is 1. The molecule has 3 aromatic rings.